The first-order valence-corrected chi connectivity index (χ1v) is 7.74. The van der Waals surface area contributed by atoms with Crippen molar-refractivity contribution in [3.8, 4) is 23.0 Å². The summed E-state index contributed by atoms with van der Waals surface area (Å²) in [6.07, 6.45) is 0. The molecule has 5 heteroatoms. The summed E-state index contributed by atoms with van der Waals surface area (Å²) >= 11 is 0. The van der Waals surface area contributed by atoms with Gasteiger partial charge in [0.2, 0.25) is 0 Å². The fourth-order valence-electron chi connectivity index (χ4n) is 2.52. The molecule has 0 spiro atoms. The Balaban J connectivity index is 1.75. The van der Waals surface area contributed by atoms with E-state index >= 15 is 0 Å². The molecule has 0 amide bonds. The van der Waals surface area contributed by atoms with Gasteiger partial charge in [-0.25, -0.2) is 0 Å². The number of methoxy groups -OCH3 is 1. The summed E-state index contributed by atoms with van der Waals surface area (Å²) in [6.45, 7) is 4.37. The van der Waals surface area contributed by atoms with Gasteiger partial charge in [0.15, 0.2) is 23.0 Å². The molecule has 0 aliphatic carbocycles. The first kappa shape index (κ1) is 15.3. The third-order valence-electron chi connectivity index (χ3n) is 3.59. The fraction of sp³-hybridized carbons (Fsp3) is 0.333. The summed E-state index contributed by atoms with van der Waals surface area (Å²) in [6, 6.07) is 11.7. The highest BCUT2D eigenvalue weighted by molar-refractivity contribution is 5.56. The third kappa shape index (κ3) is 3.44. The number of anilines is 1. The Morgan fingerprint density at radius 1 is 1.09 bits per heavy atom. The minimum absolute atomic E-state index is 0.584. The number of hydrogen-bond acceptors (Lipinski definition) is 5. The highest BCUT2D eigenvalue weighted by Crippen LogP contribution is 2.34. The lowest BCUT2D eigenvalue weighted by molar-refractivity contribution is 0.171. The normalized spacial score (nSPS) is 12.6. The van der Waals surface area contributed by atoms with Crippen LogP contribution in [0.25, 0.3) is 0 Å². The number of benzene rings is 2. The second-order valence-electron chi connectivity index (χ2n) is 5.09. The lowest BCUT2D eigenvalue weighted by atomic mass is 10.1. The lowest BCUT2D eigenvalue weighted by Crippen LogP contribution is -2.15. The Hall–Kier alpha value is -2.56. The lowest BCUT2D eigenvalue weighted by Gasteiger charge is -2.19. The van der Waals surface area contributed by atoms with Crippen molar-refractivity contribution in [3.63, 3.8) is 0 Å². The molecule has 0 fully saturated rings. The SMILES string of the molecule is CCOc1c(CNc2ccc3c(c2)OCCO3)cccc1OC. The van der Waals surface area contributed by atoms with Crippen LogP contribution in [0.15, 0.2) is 36.4 Å². The zero-order chi connectivity index (χ0) is 16.1. The molecule has 1 N–H and O–H groups in total. The Morgan fingerprint density at radius 3 is 2.70 bits per heavy atom. The topological polar surface area (TPSA) is 49.0 Å². The van der Waals surface area contributed by atoms with Crippen LogP contribution in [0.5, 0.6) is 23.0 Å². The maximum atomic E-state index is 5.73. The van der Waals surface area contributed by atoms with E-state index in [1.54, 1.807) is 7.11 Å². The predicted molar refractivity (Wildman–Crippen MR) is 88.9 cm³/mol. The van der Waals surface area contributed by atoms with Crippen LogP contribution in [0.4, 0.5) is 5.69 Å². The van der Waals surface area contributed by atoms with Gasteiger partial charge in [-0.1, -0.05) is 12.1 Å². The van der Waals surface area contributed by atoms with E-state index in [0.29, 0.717) is 26.4 Å². The maximum absolute atomic E-state index is 5.73. The van der Waals surface area contributed by atoms with Gasteiger partial charge in [0.05, 0.1) is 13.7 Å². The summed E-state index contributed by atoms with van der Waals surface area (Å²) in [7, 11) is 1.65. The summed E-state index contributed by atoms with van der Waals surface area (Å²) in [4.78, 5) is 0. The molecule has 0 radical (unpaired) electrons. The molecule has 1 aliphatic rings. The van der Waals surface area contributed by atoms with Crippen LogP contribution in [-0.2, 0) is 6.54 Å². The second-order valence-corrected chi connectivity index (χ2v) is 5.09. The first-order valence-electron chi connectivity index (χ1n) is 7.74. The van der Waals surface area contributed by atoms with Crippen molar-refractivity contribution in [2.24, 2.45) is 0 Å². The molecule has 1 aliphatic heterocycles. The zero-order valence-electron chi connectivity index (χ0n) is 13.4. The molecule has 0 aromatic heterocycles. The van der Waals surface area contributed by atoms with Crippen LogP contribution in [0.1, 0.15) is 12.5 Å². The van der Waals surface area contributed by atoms with Gasteiger partial charge in [-0.05, 0) is 25.1 Å². The van der Waals surface area contributed by atoms with Crippen molar-refractivity contribution >= 4 is 5.69 Å². The van der Waals surface area contributed by atoms with Crippen LogP contribution >= 0.6 is 0 Å². The molecular formula is C18H21NO4. The molecule has 0 saturated heterocycles. The van der Waals surface area contributed by atoms with Gasteiger partial charge in [0.1, 0.15) is 13.2 Å². The minimum Gasteiger partial charge on any atom is -0.493 e. The Bertz CT molecular complexity index is 672. The molecule has 5 nitrogen and oxygen atoms in total. The van der Waals surface area contributed by atoms with E-state index in [-0.39, 0.29) is 0 Å². The Kier molecular flexibility index (Phi) is 4.76. The van der Waals surface area contributed by atoms with E-state index in [1.807, 2.05) is 43.3 Å². The Labute approximate surface area is 136 Å². The molecule has 1 heterocycles. The standard InChI is InChI=1S/C18H21NO4/c1-3-21-18-13(5-4-6-16(18)20-2)12-19-14-7-8-15-17(11-14)23-10-9-22-15/h4-8,11,19H,3,9-10,12H2,1-2H3. The third-order valence-corrected chi connectivity index (χ3v) is 3.59. The number of fused-ring (bicyclic) bond motifs is 1. The van der Waals surface area contributed by atoms with Crippen molar-refractivity contribution in [1.29, 1.82) is 0 Å². The molecule has 0 bridgehead atoms. The van der Waals surface area contributed by atoms with Gasteiger partial charge >= 0.3 is 0 Å². The van der Waals surface area contributed by atoms with Crippen LogP contribution in [0.3, 0.4) is 0 Å². The largest absolute Gasteiger partial charge is 0.493 e. The van der Waals surface area contributed by atoms with E-state index in [9.17, 15) is 0 Å². The van der Waals surface area contributed by atoms with Crippen molar-refractivity contribution < 1.29 is 18.9 Å². The van der Waals surface area contributed by atoms with Gasteiger partial charge in [0, 0.05) is 23.9 Å². The minimum atomic E-state index is 0.584. The van der Waals surface area contributed by atoms with Crippen LogP contribution in [-0.4, -0.2) is 26.9 Å². The molecular weight excluding hydrogens is 294 g/mol. The summed E-state index contributed by atoms with van der Waals surface area (Å²) in [5.41, 5.74) is 2.01. The van der Waals surface area contributed by atoms with Crippen LogP contribution in [0, 0.1) is 0 Å². The van der Waals surface area contributed by atoms with E-state index in [0.717, 1.165) is 34.2 Å². The van der Waals surface area contributed by atoms with Gasteiger partial charge in [-0.15, -0.1) is 0 Å². The number of para-hydroxylation sites is 1. The predicted octanol–water partition coefficient (Wildman–Crippen LogP) is 3.48. The summed E-state index contributed by atoms with van der Waals surface area (Å²) in [5, 5.41) is 3.39. The smallest absolute Gasteiger partial charge is 0.166 e. The highest BCUT2D eigenvalue weighted by Gasteiger charge is 2.13. The van der Waals surface area contributed by atoms with Gasteiger partial charge in [-0.2, -0.15) is 0 Å². The maximum Gasteiger partial charge on any atom is 0.166 e. The average Bonchev–Trinajstić information content (AvgIpc) is 2.60. The van der Waals surface area contributed by atoms with Gasteiger partial charge in [-0.3, -0.25) is 0 Å². The fourth-order valence-corrected chi connectivity index (χ4v) is 2.52. The molecule has 3 rings (SSSR count). The monoisotopic (exact) mass is 315 g/mol. The van der Waals surface area contributed by atoms with Crippen molar-refractivity contribution in [3.05, 3.63) is 42.0 Å². The quantitative estimate of drug-likeness (QED) is 0.884. The molecule has 2 aromatic carbocycles. The highest BCUT2D eigenvalue weighted by atomic mass is 16.6. The molecule has 2 aromatic rings. The molecule has 0 atom stereocenters. The van der Waals surface area contributed by atoms with Crippen molar-refractivity contribution in [2.45, 2.75) is 13.5 Å². The first-order chi connectivity index (χ1) is 11.3. The van der Waals surface area contributed by atoms with Crippen molar-refractivity contribution in [2.75, 3.05) is 32.2 Å². The van der Waals surface area contributed by atoms with Crippen LogP contribution < -0.4 is 24.3 Å². The molecule has 0 saturated carbocycles. The number of nitrogens with one attached hydrogen (secondary N) is 1. The van der Waals surface area contributed by atoms with E-state index in [1.165, 1.54) is 0 Å². The molecule has 0 unspecified atom stereocenters. The van der Waals surface area contributed by atoms with Crippen molar-refractivity contribution in [1.82, 2.24) is 0 Å². The summed E-state index contributed by atoms with van der Waals surface area (Å²) < 4.78 is 22.2. The zero-order valence-corrected chi connectivity index (χ0v) is 13.4. The van der Waals surface area contributed by atoms with Crippen LogP contribution in [0.2, 0.25) is 0 Å². The summed E-state index contributed by atoms with van der Waals surface area (Å²) in [5.74, 6) is 3.09. The van der Waals surface area contributed by atoms with Gasteiger partial charge in [0.25, 0.3) is 0 Å². The molecule has 23 heavy (non-hydrogen) atoms. The molecule has 122 valence electrons. The number of ether oxygens (including phenoxy) is 4. The number of hydrogen-bond donors (Lipinski definition) is 1. The van der Waals surface area contributed by atoms with Gasteiger partial charge < -0.3 is 24.3 Å². The Morgan fingerprint density at radius 2 is 1.91 bits per heavy atom. The second kappa shape index (κ2) is 7.13. The average molecular weight is 315 g/mol. The van der Waals surface area contributed by atoms with E-state index < -0.39 is 0 Å². The number of rotatable bonds is 6. The van der Waals surface area contributed by atoms with E-state index in [4.69, 9.17) is 18.9 Å². The van der Waals surface area contributed by atoms with E-state index in [2.05, 4.69) is 5.32 Å².